The van der Waals surface area contributed by atoms with Crippen molar-refractivity contribution in [3.63, 3.8) is 0 Å². The lowest BCUT2D eigenvalue weighted by atomic mass is 9.63. The number of benzene rings is 1. The molecule has 1 aromatic rings. The Hall–Kier alpha value is -1.35. The molecule has 1 aromatic carbocycles. The molecule has 0 bridgehead atoms. The van der Waals surface area contributed by atoms with E-state index in [1.807, 2.05) is 30.3 Å². The Morgan fingerprint density at radius 1 is 1.35 bits per heavy atom. The summed E-state index contributed by atoms with van der Waals surface area (Å²) in [6, 6.07) is 9.92. The molecule has 3 N–H and O–H groups in total. The highest BCUT2D eigenvalue weighted by Gasteiger charge is 2.46. The molecule has 1 aliphatic carbocycles. The van der Waals surface area contributed by atoms with E-state index in [9.17, 15) is 9.90 Å². The predicted molar refractivity (Wildman–Crippen MR) is 66.8 cm³/mol. The fourth-order valence-electron chi connectivity index (χ4n) is 3.00. The monoisotopic (exact) mass is 233 g/mol. The quantitative estimate of drug-likeness (QED) is 0.842. The summed E-state index contributed by atoms with van der Waals surface area (Å²) in [6.45, 7) is 0.224. The van der Waals surface area contributed by atoms with Crippen molar-refractivity contribution in [2.45, 2.75) is 31.6 Å². The predicted octanol–water partition coefficient (Wildman–Crippen LogP) is 2.37. The Labute approximate surface area is 102 Å². The number of rotatable bonds is 3. The second-order valence-electron chi connectivity index (χ2n) is 4.87. The van der Waals surface area contributed by atoms with Gasteiger partial charge in [0.1, 0.15) is 0 Å². The normalized spacial score (nSPS) is 28.9. The van der Waals surface area contributed by atoms with Gasteiger partial charge < -0.3 is 10.8 Å². The van der Waals surface area contributed by atoms with Crippen LogP contribution in [0.4, 0.5) is 0 Å². The zero-order chi connectivity index (χ0) is 12.3. The van der Waals surface area contributed by atoms with E-state index < -0.39 is 11.4 Å². The Kier molecular flexibility index (Phi) is 3.48. The van der Waals surface area contributed by atoms with Gasteiger partial charge in [0.05, 0.1) is 5.41 Å². The van der Waals surface area contributed by atoms with Crippen molar-refractivity contribution < 1.29 is 9.90 Å². The molecule has 0 aliphatic heterocycles. The van der Waals surface area contributed by atoms with Gasteiger partial charge in [0.25, 0.3) is 0 Å². The van der Waals surface area contributed by atoms with Crippen molar-refractivity contribution in [2.75, 3.05) is 6.54 Å². The van der Waals surface area contributed by atoms with Gasteiger partial charge in [0, 0.05) is 12.5 Å². The molecule has 2 rings (SSSR count). The maximum absolute atomic E-state index is 11.6. The minimum atomic E-state index is -0.764. The van der Waals surface area contributed by atoms with Gasteiger partial charge in [-0.2, -0.15) is 0 Å². The highest BCUT2D eigenvalue weighted by atomic mass is 16.4. The molecule has 0 unspecified atom stereocenters. The molecule has 2 atom stereocenters. The number of nitrogens with two attached hydrogens (primary N) is 1. The molecule has 0 radical (unpaired) electrons. The lowest BCUT2D eigenvalue weighted by Gasteiger charge is -2.40. The Balaban J connectivity index is 2.38. The molecule has 3 nitrogen and oxygen atoms in total. The first kappa shape index (κ1) is 12.1. The Morgan fingerprint density at radius 2 is 2.06 bits per heavy atom. The number of hydrogen-bond donors (Lipinski definition) is 2. The molecule has 1 saturated carbocycles. The van der Waals surface area contributed by atoms with Crippen molar-refractivity contribution in [3.8, 4) is 0 Å². The minimum absolute atomic E-state index is 0.0555. The summed E-state index contributed by atoms with van der Waals surface area (Å²) in [7, 11) is 0. The van der Waals surface area contributed by atoms with Crippen LogP contribution in [0.2, 0.25) is 0 Å². The van der Waals surface area contributed by atoms with Crippen LogP contribution in [-0.2, 0) is 4.79 Å². The highest BCUT2D eigenvalue weighted by molar-refractivity contribution is 5.76. The molecule has 0 spiro atoms. The lowest BCUT2D eigenvalue weighted by Crippen LogP contribution is -2.45. The zero-order valence-electron chi connectivity index (χ0n) is 9.93. The van der Waals surface area contributed by atoms with Crippen molar-refractivity contribution >= 4 is 5.97 Å². The number of carboxylic acid groups (broad SMARTS) is 1. The molecule has 17 heavy (non-hydrogen) atoms. The van der Waals surface area contributed by atoms with Crippen LogP contribution in [-0.4, -0.2) is 17.6 Å². The molecule has 92 valence electrons. The van der Waals surface area contributed by atoms with Gasteiger partial charge in [0.2, 0.25) is 0 Å². The summed E-state index contributed by atoms with van der Waals surface area (Å²) in [4.78, 5) is 11.6. The van der Waals surface area contributed by atoms with Crippen molar-refractivity contribution in [3.05, 3.63) is 35.9 Å². The largest absolute Gasteiger partial charge is 0.481 e. The summed E-state index contributed by atoms with van der Waals surface area (Å²) in [5.41, 5.74) is 6.13. The van der Waals surface area contributed by atoms with Crippen LogP contribution in [0, 0.1) is 5.41 Å². The van der Waals surface area contributed by atoms with Crippen molar-refractivity contribution in [1.82, 2.24) is 0 Å². The molecule has 1 aliphatic rings. The number of carboxylic acids is 1. The second-order valence-corrected chi connectivity index (χ2v) is 4.87. The van der Waals surface area contributed by atoms with Crippen LogP contribution in [0.1, 0.15) is 37.2 Å². The van der Waals surface area contributed by atoms with Gasteiger partial charge in [-0.15, -0.1) is 0 Å². The summed E-state index contributed by atoms with van der Waals surface area (Å²) in [5.74, 6) is -0.687. The van der Waals surface area contributed by atoms with Crippen molar-refractivity contribution in [2.24, 2.45) is 11.1 Å². The first-order chi connectivity index (χ1) is 8.20. The van der Waals surface area contributed by atoms with Crippen LogP contribution < -0.4 is 5.73 Å². The smallest absolute Gasteiger partial charge is 0.311 e. The van der Waals surface area contributed by atoms with Gasteiger partial charge in [-0.1, -0.05) is 43.2 Å². The molecule has 0 saturated heterocycles. The number of carbonyl (C=O) groups is 1. The average Bonchev–Trinajstić information content (AvgIpc) is 2.39. The Morgan fingerprint density at radius 3 is 2.65 bits per heavy atom. The van der Waals surface area contributed by atoms with Gasteiger partial charge in [-0.25, -0.2) is 0 Å². The third-order valence-electron chi connectivity index (χ3n) is 4.02. The maximum Gasteiger partial charge on any atom is 0.311 e. The minimum Gasteiger partial charge on any atom is -0.481 e. The summed E-state index contributed by atoms with van der Waals surface area (Å²) >= 11 is 0. The highest BCUT2D eigenvalue weighted by Crippen LogP contribution is 2.46. The van der Waals surface area contributed by atoms with Crippen LogP contribution in [0.25, 0.3) is 0 Å². The fraction of sp³-hybridized carbons (Fsp3) is 0.500. The topological polar surface area (TPSA) is 63.3 Å². The van der Waals surface area contributed by atoms with Gasteiger partial charge in [-0.05, 0) is 18.4 Å². The van der Waals surface area contributed by atoms with E-state index in [2.05, 4.69) is 0 Å². The van der Waals surface area contributed by atoms with Gasteiger partial charge in [-0.3, -0.25) is 4.79 Å². The fourth-order valence-corrected chi connectivity index (χ4v) is 3.00. The van der Waals surface area contributed by atoms with E-state index in [1.165, 1.54) is 0 Å². The molecule has 3 heteroatoms. The van der Waals surface area contributed by atoms with E-state index in [0.29, 0.717) is 6.42 Å². The Bertz CT molecular complexity index is 390. The molecule has 0 heterocycles. The van der Waals surface area contributed by atoms with Gasteiger partial charge >= 0.3 is 5.97 Å². The first-order valence-electron chi connectivity index (χ1n) is 6.19. The van der Waals surface area contributed by atoms with E-state index in [1.54, 1.807) is 0 Å². The van der Waals surface area contributed by atoms with Crippen LogP contribution in [0.3, 0.4) is 0 Å². The van der Waals surface area contributed by atoms with E-state index in [0.717, 1.165) is 24.8 Å². The number of hydrogen-bond acceptors (Lipinski definition) is 2. The average molecular weight is 233 g/mol. The standard InChI is InChI=1S/C14H19NO2/c15-10-14(13(16)17)9-5-4-8-12(14)11-6-2-1-3-7-11/h1-3,6-7,12H,4-5,8-10,15H2,(H,16,17)/t12-,14-/m1/s1. The molecule has 0 amide bonds. The second kappa shape index (κ2) is 4.88. The summed E-state index contributed by atoms with van der Waals surface area (Å²) < 4.78 is 0. The third kappa shape index (κ3) is 2.07. The SMILES string of the molecule is NC[C@]1(C(=O)O)CCCC[C@@H]1c1ccccc1. The van der Waals surface area contributed by atoms with E-state index in [-0.39, 0.29) is 12.5 Å². The third-order valence-corrected chi connectivity index (χ3v) is 4.02. The van der Waals surface area contributed by atoms with Crippen LogP contribution >= 0.6 is 0 Å². The lowest BCUT2D eigenvalue weighted by molar-refractivity contribution is -0.151. The zero-order valence-corrected chi connectivity index (χ0v) is 9.93. The van der Waals surface area contributed by atoms with Gasteiger partial charge in [0.15, 0.2) is 0 Å². The molecular weight excluding hydrogens is 214 g/mol. The van der Waals surface area contributed by atoms with E-state index in [4.69, 9.17) is 5.73 Å². The maximum atomic E-state index is 11.6. The van der Waals surface area contributed by atoms with Crippen molar-refractivity contribution in [1.29, 1.82) is 0 Å². The van der Waals surface area contributed by atoms with Crippen LogP contribution in [0.15, 0.2) is 30.3 Å². The molecule has 1 fully saturated rings. The first-order valence-corrected chi connectivity index (χ1v) is 6.19. The summed E-state index contributed by atoms with van der Waals surface area (Å²) in [5, 5.41) is 9.54. The van der Waals surface area contributed by atoms with Crippen LogP contribution in [0.5, 0.6) is 0 Å². The molecular formula is C14H19NO2. The molecule has 0 aromatic heterocycles. The number of aliphatic carboxylic acids is 1. The van der Waals surface area contributed by atoms with E-state index >= 15 is 0 Å². The summed E-state index contributed by atoms with van der Waals surface area (Å²) in [6.07, 6.45) is 3.67.